The lowest BCUT2D eigenvalue weighted by Crippen LogP contribution is -2.53. The molecule has 5 heteroatoms. The Kier molecular flexibility index (Phi) is 7.32. The smallest absolute Gasteiger partial charge is 0.237 e. The number of nitrogens with one attached hydrogen (secondary N) is 1. The van der Waals surface area contributed by atoms with E-state index in [-0.39, 0.29) is 11.9 Å². The van der Waals surface area contributed by atoms with Crippen molar-refractivity contribution in [3.63, 3.8) is 0 Å². The van der Waals surface area contributed by atoms with E-state index in [1.807, 2.05) is 19.1 Å². The van der Waals surface area contributed by atoms with Crippen LogP contribution in [0.4, 0.5) is 0 Å². The number of hydrogen-bond donors (Lipinski definition) is 1. The van der Waals surface area contributed by atoms with Crippen molar-refractivity contribution in [2.24, 2.45) is 0 Å². The van der Waals surface area contributed by atoms with Gasteiger partial charge in [0.25, 0.3) is 0 Å². The zero-order valence-electron chi connectivity index (χ0n) is 16.1. The molecule has 2 aliphatic rings. The fourth-order valence-electron chi connectivity index (χ4n) is 3.82. The molecule has 5 nitrogen and oxygen atoms in total. The minimum atomic E-state index is -0.0666. The first kappa shape index (κ1) is 19.2. The molecule has 26 heavy (non-hydrogen) atoms. The zero-order chi connectivity index (χ0) is 18.2. The maximum atomic E-state index is 11.8. The molecule has 1 aromatic carbocycles. The lowest BCUT2D eigenvalue weighted by Gasteiger charge is -2.32. The molecule has 0 spiro atoms. The van der Waals surface area contributed by atoms with Gasteiger partial charge in [-0.3, -0.25) is 9.69 Å². The van der Waals surface area contributed by atoms with Crippen molar-refractivity contribution in [3.8, 4) is 5.75 Å². The van der Waals surface area contributed by atoms with Crippen molar-refractivity contribution in [3.05, 3.63) is 29.8 Å². The fraction of sp³-hybridized carbons (Fsp3) is 0.667. The van der Waals surface area contributed by atoms with Gasteiger partial charge in [0, 0.05) is 19.6 Å². The molecule has 2 saturated heterocycles. The van der Waals surface area contributed by atoms with Crippen LogP contribution in [0.25, 0.3) is 0 Å². The van der Waals surface area contributed by atoms with E-state index in [1.54, 1.807) is 0 Å². The highest BCUT2D eigenvalue weighted by Crippen LogP contribution is 2.17. The molecule has 1 amide bonds. The Morgan fingerprint density at radius 2 is 2.00 bits per heavy atom. The van der Waals surface area contributed by atoms with E-state index in [4.69, 9.17) is 4.74 Å². The van der Waals surface area contributed by atoms with Gasteiger partial charge in [0.1, 0.15) is 5.75 Å². The second-order valence-electron chi connectivity index (χ2n) is 7.54. The van der Waals surface area contributed by atoms with Crippen molar-refractivity contribution in [1.29, 1.82) is 0 Å². The number of hydrogen-bond acceptors (Lipinski definition) is 4. The van der Waals surface area contributed by atoms with Crippen LogP contribution < -0.4 is 10.1 Å². The zero-order valence-corrected chi connectivity index (χ0v) is 16.1. The van der Waals surface area contributed by atoms with Crippen LogP contribution >= 0.6 is 0 Å². The number of carbonyl (C=O) groups excluding carboxylic acids is 1. The highest BCUT2D eigenvalue weighted by molar-refractivity contribution is 5.81. The summed E-state index contributed by atoms with van der Waals surface area (Å²) in [5.74, 6) is 1.06. The monoisotopic (exact) mass is 359 g/mol. The third-order valence-electron chi connectivity index (χ3n) is 5.50. The van der Waals surface area contributed by atoms with E-state index in [1.165, 1.54) is 50.9 Å². The minimum absolute atomic E-state index is 0.0666. The van der Waals surface area contributed by atoms with Crippen LogP contribution in [-0.4, -0.2) is 61.1 Å². The van der Waals surface area contributed by atoms with Gasteiger partial charge >= 0.3 is 0 Å². The summed E-state index contributed by atoms with van der Waals surface area (Å²) in [7, 11) is 0. The number of ether oxygens (including phenoxy) is 1. The van der Waals surface area contributed by atoms with Crippen molar-refractivity contribution in [1.82, 2.24) is 15.1 Å². The number of piperazine rings is 1. The van der Waals surface area contributed by atoms with E-state index in [9.17, 15) is 4.79 Å². The summed E-state index contributed by atoms with van der Waals surface area (Å²) in [4.78, 5) is 16.6. The third kappa shape index (κ3) is 5.71. The van der Waals surface area contributed by atoms with Gasteiger partial charge in [0.05, 0.1) is 12.6 Å². The van der Waals surface area contributed by atoms with Gasteiger partial charge in [-0.25, -0.2) is 0 Å². The van der Waals surface area contributed by atoms with Gasteiger partial charge in [-0.15, -0.1) is 0 Å². The van der Waals surface area contributed by atoms with Crippen molar-refractivity contribution in [2.45, 2.75) is 51.6 Å². The molecule has 0 unspecified atom stereocenters. The SMILES string of the molecule is C[C@H]1C(=O)NCCN1Cc1cccc(OCCCCN2CCCCC2)c1. The second kappa shape index (κ2) is 9.93. The quantitative estimate of drug-likeness (QED) is 0.725. The number of nitrogens with zero attached hydrogens (tertiary/aromatic N) is 2. The Morgan fingerprint density at radius 3 is 2.85 bits per heavy atom. The molecule has 0 aliphatic carbocycles. The summed E-state index contributed by atoms with van der Waals surface area (Å²) in [6.45, 7) is 8.92. The average molecular weight is 360 g/mol. The standard InChI is InChI=1S/C21H33N3O2/c1-18-21(25)22-10-14-24(18)17-19-8-7-9-20(16-19)26-15-6-5-13-23-11-3-2-4-12-23/h7-9,16,18H,2-6,10-15,17H2,1H3,(H,22,25)/t18-/m0/s1. The molecular weight excluding hydrogens is 326 g/mol. The van der Waals surface area contributed by atoms with Crippen LogP contribution in [0, 0.1) is 0 Å². The number of likely N-dealkylation sites (tertiary alicyclic amines) is 1. The Balaban J connectivity index is 1.39. The molecule has 144 valence electrons. The molecule has 0 radical (unpaired) electrons. The van der Waals surface area contributed by atoms with E-state index < -0.39 is 0 Å². The number of benzene rings is 1. The summed E-state index contributed by atoms with van der Waals surface area (Å²) in [5.41, 5.74) is 1.21. The van der Waals surface area contributed by atoms with Gasteiger partial charge in [-0.1, -0.05) is 18.6 Å². The third-order valence-corrected chi connectivity index (χ3v) is 5.50. The Labute approximate surface area is 157 Å². The first-order valence-corrected chi connectivity index (χ1v) is 10.2. The predicted octanol–water partition coefficient (Wildman–Crippen LogP) is 2.65. The van der Waals surface area contributed by atoms with E-state index in [0.717, 1.165) is 38.4 Å². The summed E-state index contributed by atoms with van der Waals surface area (Å²) >= 11 is 0. The first-order chi connectivity index (χ1) is 12.7. The van der Waals surface area contributed by atoms with Crippen LogP contribution in [-0.2, 0) is 11.3 Å². The normalized spacial score (nSPS) is 22.2. The molecular formula is C21H33N3O2. The molecule has 1 N–H and O–H groups in total. The molecule has 2 heterocycles. The minimum Gasteiger partial charge on any atom is -0.494 e. The van der Waals surface area contributed by atoms with Crippen molar-refractivity contribution < 1.29 is 9.53 Å². The van der Waals surface area contributed by atoms with Gasteiger partial charge in [0.15, 0.2) is 0 Å². The topological polar surface area (TPSA) is 44.8 Å². The fourth-order valence-corrected chi connectivity index (χ4v) is 3.82. The Hall–Kier alpha value is -1.59. The summed E-state index contributed by atoms with van der Waals surface area (Å²) < 4.78 is 5.96. The Morgan fingerprint density at radius 1 is 1.15 bits per heavy atom. The Bertz CT molecular complexity index is 572. The molecule has 1 atom stereocenters. The highest BCUT2D eigenvalue weighted by atomic mass is 16.5. The van der Waals surface area contributed by atoms with Gasteiger partial charge in [-0.2, -0.15) is 0 Å². The van der Waals surface area contributed by atoms with Crippen LogP contribution in [0.15, 0.2) is 24.3 Å². The highest BCUT2D eigenvalue weighted by Gasteiger charge is 2.25. The van der Waals surface area contributed by atoms with Gasteiger partial charge in [-0.05, 0) is 69.9 Å². The lowest BCUT2D eigenvalue weighted by atomic mass is 10.1. The molecule has 0 aromatic heterocycles. The number of piperidine rings is 1. The summed E-state index contributed by atoms with van der Waals surface area (Å²) in [5, 5.41) is 2.91. The van der Waals surface area contributed by atoms with Crippen LogP contribution in [0.3, 0.4) is 0 Å². The van der Waals surface area contributed by atoms with E-state index in [2.05, 4.69) is 27.2 Å². The molecule has 1 aromatic rings. The number of unbranched alkanes of at least 4 members (excludes halogenated alkanes) is 1. The van der Waals surface area contributed by atoms with Crippen LogP contribution in [0.1, 0.15) is 44.6 Å². The predicted molar refractivity (Wildman–Crippen MR) is 104 cm³/mol. The van der Waals surface area contributed by atoms with Gasteiger partial charge in [0.2, 0.25) is 5.91 Å². The largest absolute Gasteiger partial charge is 0.494 e. The van der Waals surface area contributed by atoms with Crippen LogP contribution in [0.5, 0.6) is 5.75 Å². The molecule has 3 rings (SSSR count). The maximum Gasteiger partial charge on any atom is 0.237 e. The van der Waals surface area contributed by atoms with E-state index >= 15 is 0 Å². The number of carbonyl (C=O) groups is 1. The first-order valence-electron chi connectivity index (χ1n) is 10.2. The van der Waals surface area contributed by atoms with Crippen molar-refractivity contribution >= 4 is 5.91 Å². The van der Waals surface area contributed by atoms with Gasteiger partial charge < -0.3 is 15.0 Å². The lowest BCUT2D eigenvalue weighted by molar-refractivity contribution is -0.128. The molecule has 2 fully saturated rings. The van der Waals surface area contributed by atoms with Crippen molar-refractivity contribution in [2.75, 3.05) is 39.3 Å². The second-order valence-corrected chi connectivity index (χ2v) is 7.54. The summed E-state index contributed by atoms with van der Waals surface area (Å²) in [6.07, 6.45) is 6.43. The molecule has 0 bridgehead atoms. The maximum absolute atomic E-state index is 11.8. The number of rotatable bonds is 8. The molecule has 2 aliphatic heterocycles. The number of amides is 1. The molecule has 0 saturated carbocycles. The van der Waals surface area contributed by atoms with Crippen LogP contribution in [0.2, 0.25) is 0 Å². The average Bonchev–Trinajstić information content (AvgIpc) is 2.66. The summed E-state index contributed by atoms with van der Waals surface area (Å²) in [6, 6.07) is 8.24. The van der Waals surface area contributed by atoms with E-state index in [0.29, 0.717) is 0 Å².